The van der Waals surface area contributed by atoms with Gasteiger partial charge < -0.3 is 15.0 Å². The van der Waals surface area contributed by atoms with Gasteiger partial charge in [-0.3, -0.25) is 4.79 Å². The van der Waals surface area contributed by atoms with Crippen LogP contribution in [0, 0.1) is 11.7 Å². The second kappa shape index (κ2) is 9.92. The third kappa shape index (κ3) is 4.93. The Balaban J connectivity index is 1.33. The van der Waals surface area contributed by atoms with Crippen molar-refractivity contribution in [2.24, 2.45) is 5.92 Å². The third-order valence-corrected chi connectivity index (χ3v) is 6.65. The Kier molecular flexibility index (Phi) is 6.55. The molecule has 7 nitrogen and oxygen atoms in total. The summed E-state index contributed by atoms with van der Waals surface area (Å²) in [5.74, 6) is 0.931. The highest BCUT2D eigenvalue weighted by molar-refractivity contribution is 6.31. The topological polar surface area (TPSA) is 71.8 Å². The molecule has 35 heavy (non-hydrogen) atoms. The van der Waals surface area contributed by atoms with E-state index in [1.165, 1.54) is 12.1 Å². The molecule has 180 valence electrons. The van der Waals surface area contributed by atoms with E-state index in [4.69, 9.17) is 21.4 Å². The third-order valence-electron chi connectivity index (χ3n) is 6.29. The summed E-state index contributed by atoms with van der Waals surface area (Å²) in [6.45, 7) is 1.62. The number of methoxy groups -OCH3 is 1. The van der Waals surface area contributed by atoms with E-state index >= 15 is 0 Å². The van der Waals surface area contributed by atoms with Gasteiger partial charge in [-0.15, -0.1) is 0 Å². The van der Waals surface area contributed by atoms with Crippen LogP contribution in [-0.4, -0.2) is 40.7 Å². The summed E-state index contributed by atoms with van der Waals surface area (Å²) in [7, 11) is 1.64. The molecule has 0 radical (unpaired) electrons. The SMILES string of the molecule is COc1cccc(-c2cc3c(N4CCCC(C(=O)NCc5ccc(F)cc5Cl)C4)nccn3n2)c1. The van der Waals surface area contributed by atoms with Gasteiger partial charge in [-0.1, -0.05) is 29.8 Å². The average molecular weight is 494 g/mol. The molecule has 1 fully saturated rings. The summed E-state index contributed by atoms with van der Waals surface area (Å²) in [5, 5.41) is 7.98. The number of anilines is 1. The summed E-state index contributed by atoms with van der Waals surface area (Å²) in [5.41, 5.74) is 3.34. The first-order chi connectivity index (χ1) is 17.0. The highest BCUT2D eigenvalue weighted by Crippen LogP contribution is 2.29. The molecule has 5 rings (SSSR count). The molecule has 2 aromatic carbocycles. The van der Waals surface area contributed by atoms with Crippen LogP contribution in [0.2, 0.25) is 5.02 Å². The minimum absolute atomic E-state index is 0.0485. The maximum absolute atomic E-state index is 13.3. The van der Waals surface area contributed by atoms with Crippen molar-refractivity contribution < 1.29 is 13.9 Å². The van der Waals surface area contributed by atoms with Gasteiger partial charge in [0.25, 0.3) is 0 Å². The highest BCUT2D eigenvalue weighted by atomic mass is 35.5. The number of hydrogen-bond acceptors (Lipinski definition) is 5. The Bertz CT molecular complexity index is 1380. The zero-order chi connectivity index (χ0) is 24.4. The number of aromatic nitrogens is 3. The number of fused-ring (bicyclic) bond motifs is 1. The number of hydrogen-bond donors (Lipinski definition) is 1. The van der Waals surface area contributed by atoms with Crippen molar-refractivity contribution >= 4 is 28.8 Å². The van der Waals surface area contributed by atoms with Crippen molar-refractivity contribution in [3.05, 3.63) is 77.3 Å². The van der Waals surface area contributed by atoms with E-state index < -0.39 is 5.82 Å². The van der Waals surface area contributed by atoms with Gasteiger partial charge in [-0.2, -0.15) is 5.10 Å². The van der Waals surface area contributed by atoms with E-state index in [1.54, 1.807) is 19.4 Å². The van der Waals surface area contributed by atoms with Crippen molar-refractivity contribution in [1.82, 2.24) is 19.9 Å². The quantitative estimate of drug-likeness (QED) is 0.420. The minimum Gasteiger partial charge on any atom is -0.497 e. The second-order valence-electron chi connectivity index (χ2n) is 8.58. The Labute approximate surface area is 207 Å². The lowest BCUT2D eigenvalue weighted by Crippen LogP contribution is -2.43. The average Bonchev–Trinajstić information content (AvgIpc) is 3.33. The molecule has 1 amide bonds. The van der Waals surface area contributed by atoms with Gasteiger partial charge in [-0.05, 0) is 48.7 Å². The molecule has 4 aromatic rings. The summed E-state index contributed by atoms with van der Waals surface area (Å²) >= 11 is 6.10. The molecule has 0 bridgehead atoms. The fraction of sp³-hybridized carbons (Fsp3) is 0.269. The first-order valence-electron chi connectivity index (χ1n) is 11.5. The minimum atomic E-state index is -0.399. The van der Waals surface area contributed by atoms with E-state index in [0.717, 1.165) is 47.7 Å². The van der Waals surface area contributed by atoms with E-state index in [2.05, 4.69) is 15.2 Å². The number of benzene rings is 2. The first kappa shape index (κ1) is 23.1. The Morgan fingerprint density at radius 2 is 2.14 bits per heavy atom. The van der Waals surface area contributed by atoms with Crippen LogP contribution in [-0.2, 0) is 11.3 Å². The molecule has 1 aliphatic rings. The summed E-state index contributed by atoms with van der Waals surface area (Å²) < 4.78 is 20.5. The van der Waals surface area contributed by atoms with Crippen LogP contribution in [0.15, 0.2) is 60.9 Å². The van der Waals surface area contributed by atoms with Gasteiger partial charge in [-0.25, -0.2) is 13.9 Å². The number of piperidine rings is 1. The van der Waals surface area contributed by atoms with Crippen LogP contribution < -0.4 is 15.0 Å². The second-order valence-corrected chi connectivity index (χ2v) is 8.99. The predicted molar refractivity (Wildman–Crippen MR) is 133 cm³/mol. The van der Waals surface area contributed by atoms with Gasteiger partial charge >= 0.3 is 0 Å². The molecule has 2 aromatic heterocycles. The number of nitrogens with zero attached hydrogens (tertiary/aromatic N) is 4. The molecular formula is C26H25ClFN5O2. The standard InChI is InChI=1S/C26H25ClFN5O2/c1-35-21-6-2-4-17(12-21)23-14-24-25(29-9-11-33(24)31-23)32-10-3-5-19(16-32)26(34)30-15-18-7-8-20(28)13-22(18)27/h2,4,6-9,11-14,19H,3,5,10,15-16H2,1H3,(H,30,34). The number of rotatable bonds is 6. The lowest BCUT2D eigenvalue weighted by molar-refractivity contribution is -0.125. The first-order valence-corrected chi connectivity index (χ1v) is 11.8. The number of ether oxygens (including phenoxy) is 1. The molecule has 3 heterocycles. The zero-order valence-corrected chi connectivity index (χ0v) is 20.0. The number of carbonyl (C=O) groups is 1. The Morgan fingerprint density at radius 1 is 1.26 bits per heavy atom. The van der Waals surface area contributed by atoms with Crippen molar-refractivity contribution in [1.29, 1.82) is 0 Å². The van der Waals surface area contributed by atoms with Gasteiger partial charge in [0.15, 0.2) is 5.82 Å². The van der Waals surface area contributed by atoms with Crippen molar-refractivity contribution in [3.63, 3.8) is 0 Å². The molecule has 0 saturated carbocycles. The molecule has 1 unspecified atom stereocenters. The number of carbonyl (C=O) groups excluding carboxylic acids is 1. The fourth-order valence-corrected chi connectivity index (χ4v) is 4.68. The van der Waals surface area contributed by atoms with E-state index in [9.17, 15) is 9.18 Å². The zero-order valence-electron chi connectivity index (χ0n) is 19.2. The Morgan fingerprint density at radius 3 is 2.97 bits per heavy atom. The summed E-state index contributed by atoms with van der Waals surface area (Å²) in [4.78, 5) is 19.7. The normalized spacial score (nSPS) is 15.9. The van der Waals surface area contributed by atoms with Gasteiger partial charge in [0.05, 0.1) is 18.7 Å². The number of halogens is 2. The molecule has 1 atom stereocenters. The van der Waals surface area contributed by atoms with Crippen LogP contribution in [0.3, 0.4) is 0 Å². The molecule has 0 spiro atoms. The molecular weight excluding hydrogens is 469 g/mol. The van der Waals surface area contributed by atoms with Crippen LogP contribution in [0.5, 0.6) is 5.75 Å². The van der Waals surface area contributed by atoms with Gasteiger partial charge in [0.2, 0.25) is 5.91 Å². The number of nitrogens with one attached hydrogen (secondary N) is 1. The highest BCUT2D eigenvalue weighted by Gasteiger charge is 2.28. The van der Waals surface area contributed by atoms with Crippen LogP contribution >= 0.6 is 11.6 Å². The monoisotopic (exact) mass is 493 g/mol. The molecule has 0 aliphatic carbocycles. The largest absolute Gasteiger partial charge is 0.497 e. The molecule has 9 heteroatoms. The van der Waals surface area contributed by atoms with Crippen molar-refractivity contribution in [2.75, 3.05) is 25.1 Å². The maximum atomic E-state index is 13.3. The van der Waals surface area contributed by atoms with Crippen molar-refractivity contribution in [3.8, 4) is 17.0 Å². The summed E-state index contributed by atoms with van der Waals surface area (Å²) in [6, 6.07) is 14.0. The lowest BCUT2D eigenvalue weighted by atomic mass is 9.97. The fourth-order valence-electron chi connectivity index (χ4n) is 4.45. The molecule has 1 saturated heterocycles. The van der Waals surface area contributed by atoms with Gasteiger partial charge in [0, 0.05) is 42.6 Å². The number of amides is 1. The smallest absolute Gasteiger partial charge is 0.225 e. The van der Waals surface area contributed by atoms with Crippen LogP contribution in [0.25, 0.3) is 16.8 Å². The van der Waals surface area contributed by atoms with Gasteiger partial charge in [0.1, 0.15) is 17.1 Å². The predicted octanol–water partition coefficient (Wildman–Crippen LogP) is 4.73. The molecule has 1 aliphatic heterocycles. The van der Waals surface area contributed by atoms with E-state index in [1.807, 2.05) is 41.0 Å². The van der Waals surface area contributed by atoms with Crippen LogP contribution in [0.1, 0.15) is 18.4 Å². The van der Waals surface area contributed by atoms with E-state index in [-0.39, 0.29) is 18.4 Å². The Hall–Kier alpha value is -3.65. The van der Waals surface area contributed by atoms with Crippen molar-refractivity contribution in [2.45, 2.75) is 19.4 Å². The maximum Gasteiger partial charge on any atom is 0.225 e. The lowest BCUT2D eigenvalue weighted by Gasteiger charge is -2.33. The van der Waals surface area contributed by atoms with Crippen LogP contribution in [0.4, 0.5) is 10.2 Å². The summed E-state index contributed by atoms with van der Waals surface area (Å²) in [6.07, 6.45) is 5.21. The van der Waals surface area contributed by atoms with E-state index in [0.29, 0.717) is 17.1 Å². The molecule has 1 N–H and O–H groups in total.